The van der Waals surface area contributed by atoms with Gasteiger partial charge in [-0.2, -0.15) is 13.2 Å². The van der Waals surface area contributed by atoms with E-state index in [-0.39, 0.29) is 30.7 Å². The maximum absolute atomic E-state index is 13.1. The molecule has 0 spiro atoms. The van der Waals surface area contributed by atoms with Crippen molar-refractivity contribution in [3.63, 3.8) is 0 Å². The first kappa shape index (κ1) is 15.9. The summed E-state index contributed by atoms with van der Waals surface area (Å²) in [6, 6.07) is 2.39. The summed E-state index contributed by atoms with van der Waals surface area (Å²) < 4.78 is 50.7. The molecule has 0 amide bonds. The van der Waals surface area contributed by atoms with Crippen LogP contribution < -0.4 is 5.32 Å². The number of benzene rings is 1. The maximum atomic E-state index is 13.1. The van der Waals surface area contributed by atoms with Crippen LogP contribution in [0.1, 0.15) is 25.0 Å². The van der Waals surface area contributed by atoms with Crippen LogP contribution in [0.5, 0.6) is 0 Å². The van der Waals surface area contributed by atoms with Gasteiger partial charge in [0.05, 0.1) is 5.56 Å². The van der Waals surface area contributed by atoms with E-state index in [4.69, 9.17) is 5.11 Å². The van der Waals surface area contributed by atoms with E-state index in [0.717, 1.165) is 12.1 Å². The Hall–Kier alpha value is -1.14. The van der Waals surface area contributed by atoms with E-state index in [0.29, 0.717) is 6.07 Å². The quantitative estimate of drug-likeness (QED) is 0.812. The van der Waals surface area contributed by atoms with Crippen LogP contribution in [0, 0.1) is 11.7 Å². The minimum Gasteiger partial charge on any atom is -0.396 e. The van der Waals surface area contributed by atoms with Crippen molar-refractivity contribution in [2.45, 2.75) is 32.6 Å². The van der Waals surface area contributed by atoms with Crippen LogP contribution in [-0.2, 0) is 12.7 Å². The molecule has 0 saturated heterocycles. The third-order valence-corrected chi connectivity index (χ3v) is 3.05. The lowest BCUT2D eigenvalue weighted by Crippen LogP contribution is -2.33. The summed E-state index contributed by atoms with van der Waals surface area (Å²) in [5, 5.41) is 11.9. The minimum absolute atomic E-state index is 0.0227. The van der Waals surface area contributed by atoms with E-state index < -0.39 is 17.6 Å². The fourth-order valence-corrected chi connectivity index (χ4v) is 1.55. The Bertz CT molecular complexity index is 420. The van der Waals surface area contributed by atoms with Gasteiger partial charge in [0.2, 0.25) is 0 Å². The van der Waals surface area contributed by atoms with Crippen LogP contribution in [-0.4, -0.2) is 17.8 Å². The molecule has 0 aliphatic heterocycles. The SMILES string of the molecule is CC(CO)C(C)NCc1cc(F)cc(C(F)(F)F)c1. The second-order valence-electron chi connectivity index (χ2n) is 4.68. The van der Waals surface area contributed by atoms with E-state index in [2.05, 4.69) is 5.32 Å². The van der Waals surface area contributed by atoms with Crippen LogP contribution >= 0.6 is 0 Å². The number of halogens is 4. The van der Waals surface area contributed by atoms with E-state index in [1.807, 2.05) is 13.8 Å². The molecule has 0 fully saturated rings. The average Bonchev–Trinajstić information content (AvgIpc) is 2.33. The summed E-state index contributed by atoms with van der Waals surface area (Å²) in [5.41, 5.74) is -0.767. The molecule has 0 saturated carbocycles. The largest absolute Gasteiger partial charge is 0.416 e. The smallest absolute Gasteiger partial charge is 0.396 e. The van der Waals surface area contributed by atoms with Crippen molar-refractivity contribution in [1.82, 2.24) is 5.32 Å². The highest BCUT2D eigenvalue weighted by Crippen LogP contribution is 2.30. The number of aliphatic hydroxyl groups is 1. The van der Waals surface area contributed by atoms with Crippen molar-refractivity contribution >= 4 is 0 Å². The number of alkyl halides is 3. The van der Waals surface area contributed by atoms with Crippen LogP contribution in [0.2, 0.25) is 0 Å². The molecular formula is C13H17F4NO. The van der Waals surface area contributed by atoms with Crippen LogP contribution in [0.15, 0.2) is 18.2 Å². The summed E-state index contributed by atoms with van der Waals surface area (Å²) in [4.78, 5) is 0. The minimum atomic E-state index is -4.55. The second-order valence-corrected chi connectivity index (χ2v) is 4.68. The Balaban J connectivity index is 2.77. The van der Waals surface area contributed by atoms with Gasteiger partial charge < -0.3 is 10.4 Å². The van der Waals surface area contributed by atoms with Crippen molar-refractivity contribution in [2.75, 3.05) is 6.61 Å². The van der Waals surface area contributed by atoms with Gasteiger partial charge >= 0.3 is 6.18 Å². The summed E-state index contributed by atoms with van der Waals surface area (Å²) in [5.74, 6) is -0.940. The molecule has 2 atom stereocenters. The molecule has 1 rings (SSSR count). The van der Waals surface area contributed by atoms with Crippen molar-refractivity contribution in [1.29, 1.82) is 0 Å². The normalized spacial score (nSPS) is 15.3. The van der Waals surface area contributed by atoms with Crippen molar-refractivity contribution in [2.24, 2.45) is 5.92 Å². The van der Waals surface area contributed by atoms with Crippen molar-refractivity contribution < 1.29 is 22.7 Å². The fourth-order valence-electron chi connectivity index (χ4n) is 1.55. The summed E-state index contributed by atoms with van der Waals surface area (Å²) in [6.45, 7) is 3.71. The second kappa shape index (κ2) is 6.34. The van der Waals surface area contributed by atoms with E-state index >= 15 is 0 Å². The molecule has 0 heterocycles. The molecule has 0 aliphatic rings. The summed E-state index contributed by atoms with van der Waals surface area (Å²) in [6.07, 6.45) is -4.55. The number of hydrogen-bond acceptors (Lipinski definition) is 2. The maximum Gasteiger partial charge on any atom is 0.416 e. The molecule has 19 heavy (non-hydrogen) atoms. The summed E-state index contributed by atoms with van der Waals surface area (Å²) in [7, 11) is 0. The Morgan fingerprint density at radius 3 is 2.37 bits per heavy atom. The first-order valence-corrected chi connectivity index (χ1v) is 5.95. The molecule has 0 aromatic heterocycles. The van der Waals surface area contributed by atoms with Crippen LogP contribution in [0.3, 0.4) is 0 Å². The average molecular weight is 279 g/mol. The highest BCUT2D eigenvalue weighted by atomic mass is 19.4. The number of aliphatic hydroxyl groups excluding tert-OH is 1. The highest BCUT2D eigenvalue weighted by molar-refractivity contribution is 5.26. The number of rotatable bonds is 5. The van der Waals surface area contributed by atoms with E-state index in [9.17, 15) is 17.6 Å². The lowest BCUT2D eigenvalue weighted by Gasteiger charge is -2.19. The highest BCUT2D eigenvalue weighted by Gasteiger charge is 2.31. The molecule has 0 radical (unpaired) electrons. The fraction of sp³-hybridized carbons (Fsp3) is 0.538. The van der Waals surface area contributed by atoms with Crippen LogP contribution in [0.4, 0.5) is 17.6 Å². The predicted molar refractivity (Wildman–Crippen MR) is 64.0 cm³/mol. The first-order valence-electron chi connectivity index (χ1n) is 5.95. The molecule has 1 aromatic rings. The van der Waals surface area contributed by atoms with E-state index in [1.54, 1.807) is 0 Å². The zero-order valence-corrected chi connectivity index (χ0v) is 10.8. The summed E-state index contributed by atoms with van der Waals surface area (Å²) >= 11 is 0. The first-order chi connectivity index (χ1) is 8.74. The molecular weight excluding hydrogens is 262 g/mol. The molecule has 0 aliphatic carbocycles. The number of hydrogen-bond donors (Lipinski definition) is 2. The molecule has 2 unspecified atom stereocenters. The lowest BCUT2D eigenvalue weighted by molar-refractivity contribution is -0.137. The van der Waals surface area contributed by atoms with Gasteiger partial charge in [-0.15, -0.1) is 0 Å². The van der Waals surface area contributed by atoms with Gasteiger partial charge in [-0.1, -0.05) is 6.92 Å². The van der Waals surface area contributed by atoms with Gasteiger partial charge in [0, 0.05) is 19.2 Å². The predicted octanol–water partition coefficient (Wildman–Crippen LogP) is 2.95. The monoisotopic (exact) mass is 279 g/mol. The molecule has 1 aromatic carbocycles. The van der Waals surface area contributed by atoms with Gasteiger partial charge in [0.15, 0.2) is 0 Å². The van der Waals surface area contributed by atoms with Crippen LogP contribution in [0.25, 0.3) is 0 Å². The molecule has 6 heteroatoms. The Kier molecular flexibility index (Phi) is 5.31. The lowest BCUT2D eigenvalue weighted by atomic mass is 10.0. The molecule has 2 nitrogen and oxygen atoms in total. The number of nitrogens with one attached hydrogen (secondary N) is 1. The standard InChI is InChI=1S/C13H17F4NO/c1-8(7-19)9(2)18-6-10-3-11(13(15,16)17)5-12(14)4-10/h3-5,8-9,18-19H,6-7H2,1-2H3. The van der Waals surface area contributed by atoms with Gasteiger partial charge in [0.1, 0.15) is 5.82 Å². The topological polar surface area (TPSA) is 32.3 Å². The van der Waals surface area contributed by atoms with Crippen molar-refractivity contribution in [3.8, 4) is 0 Å². The molecule has 108 valence electrons. The third-order valence-electron chi connectivity index (χ3n) is 3.05. The third kappa shape index (κ3) is 4.80. The Morgan fingerprint density at radius 2 is 1.84 bits per heavy atom. The van der Waals surface area contributed by atoms with Crippen molar-refractivity contribution in [3.05, 3.63) is 35.1 Å². The zero-order valence-electron chi connectivity index (χ0n) is 10.8. The van der Waals surface area contributed by atoms with Gasteiger partial charge in [0.25, 0.3) is 0 Å². The Morgan fingerprint density at radius 1 is 1.21 bits per heavy atom. The van der Waals surface area contributed by atoms with Gasteiger partial charge in [-0.25, -0.2) is 4.39 Å². The molecule has 2 N–H and O–H groups in total. The van der Waals surface area contributed by atoms with E-state index in [1.165, 1.54) is 0 Å². The molecule has 0 bridgehead atoms. The van der Waals surface area contributed by atoms with Gasteiger partial charge in [-0.3, -0.25) is 0 Å². The zero-order chi connectivity index (χ0) is 14.6. The Labute approximate surface area is 109 Å². The van der Waals surface area contributed by atoms with Gasteiger partial charge in [-0.05, 0) is 36.6 Å².